The van der Waals surface area contributed by atoms with Crippen molar-refractivity contribution in [3.05, 3.63) is 16.3 Å². The molecule has 2 N–H and O–H groups in total. The van der Waals surface area contributed by atoms with E-state index >= 15 is 0 Å². The van der Waals surface area contributed by atoms with Crippen LogP contribution in [0.5, 0.6) is 0 Å². The van der Waals surface area contributed by atoms with Gasteiger partial charge < -0.3 is 5.73 Å². The van der Waals surface area contributed by atoms with E-state index in [1.807, 2.05) is 0 Å². The van der Waals surface area contributed by atoms with Gasteiger partial charge in [-0.05, 0) is 0 Å². The van der Waals surface area contributed by atoms with Crippen LogP contribution in [0.25, 0.3) is 10.7 Å². The first-order chi connectivity index (χ1) is 7.09. The summed E-state index contributed by atoms with van der Waals surface area (Å²) in [6, 6.07) is 0. The molecule has 0 amide bonds. The molecule has 78 valence electrons. The summed E-state index contributed by atoms with van der Waals surface area (Å²) >= 11 is 1.08. The normalized spacial score (nSPS) is 10.5. The van der Waals surface area contributed by atoms with Crippen LogP contribution in [0, 0.1) is 10.1 Å². The van der Waals surface area contributed by atoms with Crippen LogP contribution in [0.3, 0.4) is 0 Å². The van der Waals surface area contributed by atoms with Gasteiger partial charge in [0.05, 0.1) is 4.92 Å². The van der Waals surface area contributed by atoms with E-state index < -0.39 is 4.92 Å². The maximum absolute atomic E-state index is 10.7. The summed E-state index contributed by atoms with van der Waals surface area (Å²) in [4.78, 5) is 10.2. The fourth-order valence-electron chi connectivity index (χ4n) is 1.14. The summed E-state index contributed by atoms with van der Waals surface area (Å²) in [5, 5.41) is 22.5. The highest BCUT2D eigenvalue weighted by molar-refractivity contribution is 7.18. The van der Waals surface area contributed by atoms with Crippen molar-refractivity contribution in [2.75, 3.05) is 5.73 Å². The number of aromatic nitrogens is 4. The molecule has 8 nitrogen and oxygen atoms in total. The van der Waals surface area contributed by atoms with Gasteiger partial charge in [-0.1, -0.05) is 11.3 Å². The molecule has 2 heterocycles. The fourth-order valence-corrected chi connectivity index (χ4v) is 1.83. The summed E-state index contributed by atoms with van der Waals surface area (Å²) in [6.45, 7) is 0. The van der Waals surface area contributed by atoms with E-state index in [-0.39, 0.29) is 10.8 Å². The second-order valence-electron chi connectivity index (χ2n) is 2.70. The van der Waals surface area contributed by atoms with Gasteiger partial charge in [0.2, 0.25) is 5.13 Å². The first kappa shape index (κ1) is 9.52. The minimum Gasteiger partial charge on any atom is -0.374 e. The van der Waals surface area contributed by atoms with Crippen LogP contribution in [0.1, 0.15) is 0 Å². The number of nitrogens with zero attached hydrogens (tertiary/aromatic N) is 5. The third-order valence-electron chi connectivity index (χ3n) is 1.76. The van der Waals surface area contributed by atoms with Gasteiger partial charge in [0.15, 0.2) is 10.7 Å². The molecule has 0 aliphatic carbocycles. The molecule has 0 atom stereocenters. The molecule has 0 radical (unpaired) electrons. The molecule has 0 aliphatic rings. The third kappa shape index (κ3) is 1.52. The van der Waals surface area contributed by atoms with Gasteiger partial charge in [-0.2, -0.15) is 5.10 Å². The molecule has 0 aliphatic heterocycles. The van der Waals surface area contributed by atoms with Crippen molar-refractivity contribution in [3.63, 3.8) is 0 Å². The largest absolute Gasteiger partial charge is 0.374 e. The second kappa shape index (κ2) is 3.28. The van der Waals surface area contributed by atoms with Gasteiger partial charge in [-0.25, -0.2) is 0 Å². The van der Waals surface area contributed by atoms with Crippen LogP contribution >= 0.6 is 11.3 Å². The van der Waals surface area contributed by atoms with Gasteiger partial charge in [-0.15, -0.1) is 10.2 Å². The average Bonchev–Trinajstić information content (AvgIpc) is 2.71. The molecule has 0 fully saturated rings. The maximum Gasteiger partial charge on any atom is 0.317 e. The maximum atomic E-state index is 10.7. The third-order valence-corrected chi connectivity index (χ3v) is 2.52. The van der Waals surface area contributed by atoms with E-state index in [2.05, 4.69) is 15.3 Å². The average molecular weight is 226 g/mol. The van der Waals surface area contributed by atoms with Gasteiger partial charge in [0, 0.05) is 7.05 Å². The Morgan fingerprint density at radius 3 is 2.87 bits per heavy atom. The second-order valence-corrected chi connectivity index (χ2v) is 3.71. The Labute approximate surface area is 87.5 Å². The molecule has 0 saturated carbocycles. The summed E-state index contributed by atoms with van der Waals surface area (Å²) in [6.07, 6.45) is 1.17. The smallest absolute Gasteiger partial charge is 0.317 e. The van der Waals surface area contributed by atoms with E-state index in [0.29, 0.717) is 10.7 Å². The van der Waals surface area contributed by atoms with Crippen LogP contribution in [-0.2, 0) is 7.05 Å². The van der Waals surface area contributed by atoms with Crippen molar-refractivity contribution in [2.24, 2.45) is 7.05 Å². The number of aryl methyl sites for hydroxylation is 1. The Hall–Kier alpha value is -2.03. The van der Waals surface area contributed by atoms with Crippen LogP contribution in [-0.4, -0.2) is 24.9 Å². The zero-order valence-corrected chi connectivity index (χ0v) is 8.43. The Morgan fingerprint density at radius 1 is 1.60 bits per heavy atom. The lowest BCUT2D eigenvalue weighted by atomic mass is 10.4. The predicted molar refractivity (Wildman–Crippen MR) is 53.2 cm³/mol. The fraction of sp³-hybridized carbons (Fsp3) is 0.167. The number of rotatable bonds is 2. The zero-order valence-electron chi connectivity index (χ0n) is 7.62. The van der Waals surface area contributed by atoms with Crippen molar-refractivity contribution < 1.29 is 4.92 Å². The van der Waals surface area contributed by atoms with Crippen molar-refractivity contribution in [3.8, 4) is 10.7 Å². The molecule has 2 aromatic heterocycles. The van der Waals surface area contributed by atoms with E-state index in [0.717, 1.165) is 11.3 Å². The molecule has 0 aromatic carbocycles. The number of nitro groups is 1. The molecule has 15 heavy (non-hydrogen) atoms. The number of anilines is 1. The predicted octanol–water partition coefficient (Wildman–Crippen LogP) is 0.429. The molecular formula is C6H6N6O2S. The summed E-state index contributed by atoms with van der Waals surface area (Å²) < 4.78 is 1.37. The van der Waals surface area contributed by atoms with Crippen LogP contribution in [0.4, 0.5) is 10.8 Å². The quantitative estimate of drug-likeness (QED) is 0.586. The molecule has 0 bridgehead atoms. The number of hydrogen-bond donors (Lipinski definition) is 1. The lowest BCUT2D eigenvalue weighted by molar-refractivity contribution is -0.384. The Morgan fingerprint density at radius 2 is 2.33 bits per heavy atom. The van der Waals surface area contributed by atoms with Gasteiger partial charge in [0.25, 0.3) is 0 Å². The van der Waals surface area contributed by atoms with Crippen molar-refractivity contribution >= 4 is 22.2 Å². The first-order valence-electron chi connectivity index (χ1n) is 3.85. The summed E-state index contributed by atoms with van der Waals surface area (Å²) in [7, 11) is 1.60. The minimum absolute atomic E-state index is 0.103. The topological polar surface area (TPSA) is 113 Å². The molecule has 9 heteroatoms. The number of nitrogens with two attached hydrogens (primary N) is 1. The number of nitrogen functional groups attached to an aromatic ring is 1. The Balaban J connectivity index is 2.60. The van der Waals surface area contributed by atoms with Crippen molar-refractivity contribution in [1.82, 2.24) is 20.0 Å². The lowest BCUT2D eigenvalue weighted by Gasteiger charge is -1.94. The standard InChI is InChI=1S/C6H6N6O2S/c1-11-4(3(2-8-11)12(13)14)5-9-10-6(7)15-5/h2H,1H3,(H2,7,10). The Kier molecular flexibility index (Phi) is 2.08. The van der Waals surface area contributed by atoms with Gasteiger partial charge in [-0.3, -0.25) is 14.8 Å². The van der Waals surface area contributed by atoms with Crippen LogP contribution < -0.4 is 5.73 Å². The van der Waals surface area contributed by atoms with Crippen molar-refractivity contribution in [2.45, 2.75) is 0 Å². The molecule has 0 spiro atoms. The highest BCUT2D eigenvalue weighted by Crippen LogP contribution is 2.31. The summed E-state index contributed by atoms with van der Waals surface area (Å²) in [5.74, 6) is 0. The lowest BCUT2D eigenvalue weighted by Crippen LogP contribution is -1.95. The van der Waals surface area contributed by atoms with Gasteiger partial charge >= 0.3 is 5.69 Å². The van der Waals surface area contributed by atoms with Crippen LogP contribution in [0.15, 0.2) is 6.20 Å². The van der Waals surface area contributed by atoms with Gasteiger partial charge in [0.1, 0.15) is 6.20 Å². The van der Waals surface area contributed by atoms with Crippen LogP contribution in [0.2, 0.25) is 0 Å². The molecule has 2 aromatic rings. The SMILES string of the molecule is Cn1ncc([N+](=O)[O-])c1-c1nnc(N)s1. The van der Waals surface area contributed by atoms with E-state index in [4.69, 9.17) is 5.73 Å². The zero-order chi connectivity index (χ0) is 11.0. The molecule has 0 unspecified atom stereocenters. The minimum atomic E-state index is -0.514. The first-order valence-corrected chi connectivity index (χ1v) is 4.67. The van der Waals surface area contributed by atoms with Crippen molar-refractivity contribution in [1.29, 1.82) is 0 Å². The molecule has 2 rings (SSSR count). The monoisotopic (exact) mass is 226 g/mol. The number of hydrogen-bond acceptors (Lipinski definition) is 7. The summed E-state index contributed by atoms with van der Waals surface area (Å²) in [5.41, 5.74) is 5.62. The Bertz CT molecular complexity index is 517. The molecule has 0 saturated heterocycles. The van der Waals surface area contributed by atoms with E-state index in [9.17, 15) is 10.1 Å². The van der Waals surface area contributed by atoms with E-state index in [1.165, 1.54) is 10.9 Å². The molecular weight excluding hydrogens is 220 g/mol. The highest BCUT2D eigenvalue weighted by Gasteiger charge is 2.23. The van der Waals surface area contributed by atoms with E-state index in [1.54, 1.807) is 7.05 Å². The highest BCUT2D eigenvalue weighted by atomic mass is 32.1.